The lowest BCUT2D eigenvalue weighted by atomic mass is 9.98. The van der Waals surface area contributed by atoms with Gasteiger partial charge in [0, 0.05) is 42.9 Å². The molecular weight excluding hydrogens is 368 g/mol. The molecule has 156 valence electrons. The lowest BCUT2D eigenvalue weighted by Crippen LogP contribution is -1.99. The number of phenols is 1. The highest BCUT2D eigenvalue weighted by atomic mass is 16.5. The Balaban J connectivity index is 1.94. The van der Waals surface area contributed by atoms with Crippen LogP contribution in [0.1, 0.15) is 49.5 Å². The largest absolute Gasteiger partial charge is 0.504 e. The van der Waals surface area contributed by atoms with Crippen molar-refractivity contribution in [2.45, 2.75) is 45.4 Å². The number of aromatic hydroxyl groups is 1. The van der Waals surface area contributed by atoms with Crippen molar-refractivity contribution in [1.29, 1.82) is 0 Å². The van der Waals surface area contributed by atoms with Gasteiger partial charge in [-0.25, -0.2) is 0 Å². The van der Waals surface area contributed by atoms with Gasteiger partial charge in [0.05, 0.1) is 18.0 Å². The van der Waals surface area contributed by atoms with Gasteiger partial charge in [0.15, 0.2) is 5.75 Å². The van der Waals surface area contributed by atoms with E-state index in [2.05, 4.69) is 6.92 Å². The minimum absolute atomic E-state index is 0.0707. The van der Waals surface area contributed by atoms with E-state index < -0.39 is 0 Å². The number of aryl methyl sites for hydroxylation is 1. The lowest BCUT2D eigenvalue weighted by Gasteiger charge is -2.09. The SMILES string of the molecule is CCCCCc1oc2cc(OCCCO)ccc2c1Cc1cc(N)c(O)c(N)c1. The number of nitrogen functional groups attached to an aromatic ring is 2. The molecule has 0 amide bonds. The predicted octanol–water partition coefficient (Wildman–Crippen LogP) is 4.39. The Morgan fingerprint density at radius 3 is 2.48 bits per heavy atom. The molecule has 29 heavy (non-hydrogen) atoms. The highest BCUT2D eigenvalue weighted by Gasteiger charge is 2.16. The number of furan rings is 1. The second-order valence-electron chi connectivity index (χ2n) is 7.34. The molecule has 3 rings (SSSR count). The fourth-order valence-corrected chi connectivity index (χ4v) is 3.51. The van der Waals surface area contributed by atoms with Crippen molar-refractivity contribution in [3.8, 4) is 11.5 Å². The van der Waals surface area contributed by atoms with Crippen LogP contribution in [-0.4, -0.2) is 23.4 Å². The van der Waals surface area contributed by atoms with Crippen LogP contribution in [0.15, 0.2) is 34.7 Å². The first-order valence-corrected chi connectivity index (χ1v) is 10.2. The third-order valence-corrected chi connectivity index (χ3v) is 5.04. The van der Waals surface area contributed by atoms with Gasteiger partial charge in [0.1, 0.15) is 17.1 Å². The number of hydrogen-bond donors (Lipinski definition) is 4. The van der Waals surface area contributed by atoms with E-state index in [1.54, 1.807) is 12.1 Å². The summed E-state index contributed by atoms with van der Waals surface area (Å²) in [5, 5.41) is 19.8. The maximum atomic E-state index is 9.85. The van der Waals surface area contributed by atoms with Crippen LogP contribution in [0.5, 0.6) is 11.5 Å². The molecule has 0 aliphatic heterocycles. The van der Waals surface area contributed by atoms with E-state index in [9.17, 15) is 5.11 Å². The molecule has 0 aliphatic carbocycles. The molecule has 0 saturated carbocycles. The second kappa shape index (κ2) is 9.56. The standard InChI is InChI=1S/C23H30N2O4/c1-2-3-4-6-21-18(11-15-12-19(24)23(27)20(25)13-15)17-8-7-16(14-22(17)29-21)28-10-5-9-26/h7-8,12-14,26-27H,2-6,9-11,24-25H2,1H3. The number of ether oxygens (including phenoxy) is 1. The molecule has 1 aromatic heterocycles. The summed E-state index contributed by atoms with van der Waals surface area (Å²) in [6, 6.07) is 9.35. The zero-order valence-electron chi connectivity index (χ0n) is 16.9. The summed E-state index contributed by atoms with van der Waals surface area (Å²) in [6.45, 7) is 2.75. The Labute approximate surface area is 171 Å². The van der Waals surface area contributed by atoms with E-state index in [0.717, 1.165) is 59.3 Å². The number of unbranched alkanes of at least 4 members (excludes halogenated alkanes) is 2. The van der Waals surface area contributed by atoms with Gasteiger partial charge in [-0.3, -0.25) is 0 Å². The van der Waals surface area contributed by atoms with Crippen molar-refractivity contribution in [1.82, 2.24) is 0 Å². The van der Waals surface area contributed by atoms with Crippen molar-refractivity contribution in [2.24, 2.45) is 0 Å². The summed E-state index contributed by atoms with van der Waals surface area (Å²) < 4.78 is 11.9. The van der Waals surface area contributed by atoms with Gasteiger partial charge in [-0.05, 0) is 36.2 Å². The van der Waals surface area contributed by atoms with Crippen molar-refractivity contribution < 1.29 is 19.4 Å². The first-order valence-electron chi connectivity index (χ1n) is 10.2. The van der Waals surface area contributed by atoms with Gasteiger partial charge in [0.25, 0.3) is 0 Å². The van der Waals surface area contributed by atoms with Gasteiger partial charge in [-0.1, -0.05) is 19.8 Å². The summed E-state index contributed by atoms with van der Waals surface area (Å²) in [7, 11) is 0. The van der Waals surface area contributed by atoms with E-state index in [-0.39, 0.29) is 23.7 Å². The molecule has 0 aliphatic rings. The number of benzene rings is 2. The van der Waals surface area contributed by atoms with Crippen LogP contribution in [0, 0.1) is 0 Å². The Morgan fingerprint density at radius 1 is 1.03 bits per heavy atom. The summed E-state index contributed by atoms with van der Waals surface area (Å²) >= 11 is 0. The number of phenolic OH excluding ortho intramolecular Hbond substituents is 1. The van der Waals surface area contributed by atoms with Crippen LogP contribution in [0.2, 0.25) is 0 Å². The highest BCUT2D eigenvalue weighted by molar-refractivity contribution is 5.84. The fraction of sp³-hybridized carbons (Fsp3) is 0.391. The first kappa shape index (κ1) is 20.9. The Hall–Kier alpha value is -2.86. The Bertz CT molecular complexity index is 942. The average molecular weight is 399 g/mol. The lowest BCUT2D eigenvalue weighted by molar-refractivity contribution is 0.233. The summed E-state index contributed by atoms with van der Waals surface area (Å²) in [4.78, 5) is 0. The highest BCUT2D eigenvalue weighted by Crippen LogP contribution is 2.35. The minimum atomic E-state index is -0.0707. The fourth-order valence-electron chi connectivity index (χ4n) is 3.51. The molecule has 0 radical (unpaired) electrons. The second-order valence-corrected chi connectivity index (χ2v) is 7.34. The van der Waals surface area contributed by atoms with Gasteiger partial charge in [-0.15, -0.1) is 0 Å². The zero-order valence-corrected chi connectivity index (χ0v) is 16.9. The van der Waals surface area contributed by atoms with Crippen molar-refractivity contribution in [2.75, 3.05) is 24.7 Å². The topological polar surface area (TPSA) is 115 Å². The van der Waals surface area contributed by atoms with E-state index in [1.165, 1.54) is 0 Å². The Morgan fingerprint density at radius 2 is 1.79 bits per heavy atom. The van der Waals surface area contributed by atoms with E-state index in [1.807, 2.05) is 18.2 Å². The molecule has 6 N–H and O–H groups in total. The summed E-state index contributed by atoms with van der Waals surface area (Å²) in [5.74, 6) is 1.62. The molecule has 6 heteroatoms. The van der Waals surface area contributed by atoms with Crippen LogP contribution in [-0.2, 0) is 12.8 Å². The number of anilines is 2. The molecule has 3 aromatic rings. The first-order chi connectivity index (χ1) is 14.0. The molecule has 0 unspecified atom stereocenters. The van der Waals surface area contributed by atoms with Crippen molar-refractivity contribution in [3.05, 3.63) is 47.2 Å². The van der Waals surface area contributed by atoms with Crippen LogP contribution >= 0.6 is 0 Å². The van der Waals surface area contributed by atoms with Crippen LogP contribution in [0.3, 0.4) is 0 Å². The van der Waals surface area contributed by atoms with Gasteiger partial charge in [-0.2, -0.15) is 0 Å². The summed E-state index contributed by atoms with van der Waals surface area (Å²) in [6.07, 6.45) is 5.42. The molecule has 1 heterocycles. The van der Waals surface area contributed by atoms with E-state index in [0.29, 0.717) is 19.4 Å². The Kier molecular flexibility index (Phi) is 6.88. The quantitative estimate of drug-likeness (QED) is 0.229. The number of aliphatic hydroxyl groups is 1. The minimum Gasteiger partial charge on any atom is -0.504 e. The molecule has 2 aromatic carbocycles. The zero-order chi connectivity index (χ0) is 20.8. The number of rotatable bonds is 10. The van der Waals surface area contributed by atoms with Gasteiger partial charge < -0.3 is 30.8 Å². The van der Waals surface area contributed by atoms with Crippen molar-refractivity contribution in [3.63, 3.8) is 0 Å². The maximum Gasteiger partial charge on any atom is 0.161 e. The third kappa shape index (κ3) is 4.95. The molecule has 0 atom stereocenters. The van der Waals surface area contributed by atoms with Gasteiger partial charge >= 0.3 is 0 Å². The number of nitrogens with two attached hydrogens (primary N) is 2. The predicted molar refractivity (Wildman–Crippen MR) is 116 cm³/mol. The van der Waals surface area contributed by atoms with Crippen molar-refractivity contribution >= 4 is 22.3 Å². The third-order valence-electron chi connectivity index (χ3n) is 5.04. The number of aliphatic hydroxyl groups excluding tert-OH is 1. The summed E-state index contributed by atoms with van der Waals surface area (Å²) in [5.41, 5.74) is 15.2. The molecular formula is C23H30N2O4. The smallest absolute Gasteiger partial charge is 0.161 e. The number of hydrogen-bond acceptors (Lipinski definition) is 6. The van der Waals surface area contributed by atoms with E-state index >= 15 is 0 Å². The van der Waals surface area contributed by atoms with E-state index in [4.69, 9.17) is 25.7 Å². The molecule has 0 bridgehead atoms. The van der Waals surface area contributed by atoms with Crippen LogP contribution in [0.25, 0.3) is 11.0 Å². The molecule has 0 spiro atoms. The monoisotopic (exact) mass is 398 g/mol. The number of fused-ring (bicyclic) bond motifs is 1. The van der Waals surface area contributed by atoms with Crippen LogP contribution in [0.4, 0.5) is 11.4 Å². The molecule has 0 fully saturated rings. The average Bonchev–Trinajstić information content (AvgIpc) is 3.03. The van der Waals surface area contributed by atoms with Gasteiger partial charge in [0.2, 0.25) is 0 Å². The molecule has 6 nitrogen and oxygen atoms in total. The normalized spacial score (nSPS) is 11.2. The molecule has 0 saturated heterocycles. The van der Waals surface area contributed by atoms with Crippen LogP contribution < -0.4 is 16.2 Å². The maximum absolute atomic E-state index is 9.85.